The minimum atomic E-state index is -2.87. The number of ether oxygens (including phenoxy) is 3. The van der Waals surface area contributed by atoms with Gasteiger partial charge in [-0.25, -0.2) is 0 Å². The highest BCUT2D eigenvalue weighted by Gasteiger charge is 2.25. The molecule has 0 bridgehead atoms. The Morgan fingerprint density at radius 3 is 2.64 bits per heavy atom. The van der Waals surface area contributed by atoms with Crippen LogP contribution in [0.15, 0.2) is 22.9 Å². The molecular weight excluding hydrogens is 472 g/mol. The fourth-order valence-electron chi connectivity index (χ4n) is 4.65. The summed E-state index contributed by atoms with van der Waals surface area (Å²) in [6.45, 7) is 3.50. The molecule has 2 aromatic heterocycles. The summed E-state index contributed by atoms with van der Waals surface area (Å²) < 4.78 is 46.2. The van der Waals surface area contributed by atoms with Crippen molar-refractivity contribution in [2.45, 2.75) is 52.7 Å². The number of methoxy groups -OCH3 is 1. The number of carbonyl (C=O) groups is 1. The van der Waals surface area contributed by atoms with E-state index in [1.807, 2.05) is 26.0 Å². The number of hydrogen-bond donors (Lipinski definition) is 1. The van der Waals surface area contributed by atoms with Gasteiger partial charge in [-0.3, -0.25) is 9.78 Å². The molecule has 1 N–H and O–H groups in total. The zero-order valence-electron chi connectivity index (χ0n) is 20.9. The van der Waals surface area contributed by atoms with Crippen molar-refractivity contribution in [2.75, 3.05) is 32.2 Å². The van der Waals surface area contributed by atoms with Crippen molar-refractivity contribution in [3.05, 3.63) is 35.3 Å². The minimum absolute atomic E-state index is 0.0710. The van der Waals surface area contributed by atoms with Crippen molar-refractivity contribution >= 4 is 22.4 Å². The first-order chi connectivity index (χ1) is 17.3. The maximum atomic E-state index is 13.1. The lowest BCUT2D eigenvalue weighted by Gasteiger charge is -2.23. The molecule has 0 spiro atoms. The van der Waals surface area contributed by atoms with Gasteiger partial charge in [0.1, 0.15) is 17.3 Å². The van der Waals surface area contributed by atoms with Crippen molar-refractivity contribution in [2.24, 2.45) is 5.92 Å². The number of anilines is 1. The Hall–Kier alpha value is -3.11. The van der Waals surface area contributed by atoms with Gasteiger partial charge in [-0.05, 0) is 45.7 Å². The number of Topliss-reactive ketones (excluding diaryl/α,β-unsaturated/α-hetero) is 1. The maximum Gasteiger partial charge on any atom is 0.345 e. The molecule has 0 saturated carbocycles. The minimum Gasteiger partial charge on any atom is -0.496 e. The number of halogens is 2. The van der Waals surface area contributed by atoms with Crippen LogP contribution in [0, 0.1) is 19.8 Å². The number of aryl methyl sites for hydroxylation is 2. The van der Waals surface area contributed by atoms with Crippen molar-refractivity contribution in [3.63, 3.8) is 0 Å². The molecular formula is C26H31F2N3O5. The lowest BCUT2D eigenvalue weighted by molar-refractivity contribution is -0.130. The number of fused-ring (bicyclic) bond motifs is 1. The van der Waals surface area contributed by atoms with Gasteiger partial charge in [-0.2, -0.15) is 8.78 Å². The molecule has 1 atom stereocenters. The second-order valence-electron chi connectivity index (χ2n) is 9.10. The smallest absolute Gasteiger partial charge is 0.345 e. The molecule has 0 aliphatic carbocycles. The number of rotatable bonds is 10. The van der Waals surface area contributed by atoms with E-state index < -0.39 is 12.7 Å². The van der Waals surface area contributed by atoms with Crippen LogP contribution in [0.1, 0.15) is 36.8 Å². The zero-order valence-corrected chi connectivity index (χ0v) is 20.9. The Morgan fingerprint density at radius 2 is 2.00 bits per heavy atom. The summed E-state index contributed by atoms with van der Waals surface area (Å²) in [5, 5.41) is 8.04. The average Bonchev–Trinajstić information content (AvgIpc) is 3.21. The highest BCUT2D eigenvalue weighted by molar-refractivity contribution is 5.99. The Labute approximate surface area is 208 Å². The van der Waals surface area contributed by atoms with Crippen LogP contribution in [0.3, 0.4) is 0 Å². The summed E-state index contributed by atoms with van der Waals surface area (Å²) in [4.78, 5) is 17.7. The van der Waals surface area contributed by atoms with Crippen molar-refractivity contribution in [3.8, 4) is 16.9 Å². The Morgan fingerprint density at radius 1 is 1.25 bits per heavy atom. The van der Waals surface area contributed by atoms with E-state index in [2.05, 4.69) is 20.2 Å². The number of pyridine rings is 1. The third-order valence-corrected chi connectivity index (χ3v) is 6.47. The molecule has 8 nitrogen and oxygen atoms in total. The van der Waals surface area contributed by atoms with Gasteiger partial charge in [0.25, 0.3) is 0 Å². The van der Waals surface area contributed by atoms with Gasteiger partial charge in [0.05, 0.1) is 30.5 Å². The number of carbonyl (C=O) groups excluding carboxylic acids is 1. The van der Waals surface area contributed by atoms with Crippen LogP contribution < -0.4 is 10.1 Å². The predicted octanol–water partition coefficient (Wildman–Crippen LogP) is 5.09. The molecule has 0 amide bonds. The lowest BCUT2D eigenvalue weighted by atomic mass is 9.90. The second-order valence-corrected chi connectivity index (χ2v) is 9.10. The first-order valence-corrected chi connectivity index (χ1v) is 12.0. The van der Waals surface area contributed by atoms with Crippen LogP contribution in [0.2, 0.25) is 0 Å². The van der Waals surface area contributed by atoms with Gasteiger partial charge >= 0.3 is 6.61 Å². The van der Waals surface area contributed by atoms with E-state index in [-0.39, 0.29) is 24.7 Å². The van der Waals surface area contributed by atoms with E-state index in [1.165, 1.54) is 0 Å². The molecule has 3 aromatic rings. The number of benzene rings is 1. The van der Waals surface area contributed by atoms with E-state index in [0.717, 1.165) is 16.8 Å². The summed E-state index contributed by atoms with van der Waals surface area (Å²) in [5.74, 6) is 1.27. The van der Waals surface area contributed by atoms with E-state index in [4.69, 9.17) is 14.0 Å². The SMILES string of the molecule is COc1cc2c(N[C@@H](C)COC(F)F)c(CC(=O)C3CCOCC3)cnc2cc1-c1c(C)noc1C. The van der Waals surface area contributed by atoms with Crippen LogP contribution in [0.5, 0.6) is 5.75 Å². The fraction of sp³-hybridized carbons (Fsp3) is 0.500. The number of nitrogens with zero attached hydrogens (tertiary/aromatic N) is 2. The fourth-order valence-corrected chi connectivity index (χ4v) is 4.65. The molecule has 4 rings (SSSR count). The van der Waals surface area contributed by atoms with Gasteiger partial charge in [0.15, 0.2) is 0 Å². The molecule has 36 heavy (non-hydrogen) atoms. The molecule has 0 radical (unpaired) electrons. The quantitative estimate of drug-likeness (QED) is 0.409. The number of aromatic nitrogens is 2. The summed E-state index contributed by atoms with van der Waals surface area (Å²) in [5.41, 5.74) is 4.31. The topological polar surface area (TPSA) is 95.7 Å². The van der Waals surface area contributed by atoms with Crippen LogP contribution in [-0.2, 0) is 20.7 Å². The summed E-state index contributed by atoms with van der Waals surface area (Å²) >= 11 is 0. The number of alkyl halides is 2. The van der Waals surface area contributed by atoms with Gasteiger partial charge in [0, 0.05) is 60.0 Å². The predicted molar refractivity (Wildman–Crippen MR) is 131 cm³/mol. The van der Waals surface area contributed by atoms with Crippen molar-refractivity contribution < 1.29 is 32.3 Å². The van der Waals surface area contributed by atoms with Crippen LogP contribution in [-0.4, -0.2) is 55.5 Å². The van der Waals surface area contributed by atoms with Gasteiger partial charge in [-0.15, -0.1) is 0 Å². The largest absolute Gasteiger partial charge is 0.496 e. The number of ketones is 1. The number of nitrogens with one attached hydrogen (secondary N) is 1. The van der Waals surface area contributed by atoms with Crippen LogP contribution >= 0.6 is 0 Å². The molecule has 10 heteroatoms. The maximum absolute atomic E-state index is 13.1. The van der Waals surface area contributed by atoms with E-state index >= 15 is 0 Å². The summed E-state index contributed by atoms with van der Waals surface area (Å²) in [6.07, 6.45) is 3.23. The van der Waals surface area contributed by atoms with Gasteiger partial charge in [-0.1, -0.05) is 5.16 Å². The standard InChI is InChI=1S/C26H31F2N3O5/c1-14(13-35-26(27)28)30-25-18(9-22(32)17-5-7-34-8-6-17)12-29-21-10-20(23(33-4)11-19(21)25)24-15(2)31-36-16(24)3/h10-12,14,17,26H,5-9,13H2,1-4H3,(H,29,30)/t14-/m0/s1. The molecule has 1 aliphatic rings. The van der Waals surface area contributed by atoms with E-state index in [0.29, 0.717) is 59.7 Å². The number of hydrogen-bond acceptors (Lipinski definition) is 8. The van der Waals surface area contributed by atoms with E-state index in [1.54, 1.807) is 20.2 Å². The third-order valence-electron chi connectivity index (χ3n) is 6.47. The van der Waals surface area contributed by atoms with E-state index in [9.17, 15) is 13.6 Å². The Bertz CT molecular complexity index is 1200. The first kappa shape index (κ1) is 26.0. The van der Waals surface area contributed by atoms with Crippen molar-refractivity contribution in [1.82, 2.24) is 10.1 Å². The Kier molecular flexibility index (Phi) is 8.15. The first-order valence-electron chi connectivity index (χ1n) is 12.0. The highest BCUT2D eigenvalue weighted by Crippen LogP contribution is 2.40. The monoisotopic (exact) mass is 503 g/mol. The summed E-state index contributed by atoms with van der Waals surface area (Å²) in [7, 11) is 1.57. The third kappa shape index (κ3) is 5.65. The molecule has 194 valence electrons. The molecule has 0 unspecified atom stereocenters. The second kappa shape index (κ2) is 11.3. The molecule has 1 aliphatic heterocycles. The molecule has 1 aromatic carbocycles. The molecule has 3 heterocycles. The normalized spacial score (nSPS) is 15.4. The zero-order chi connectivity index (χ0) is 25.8. The lowest BCUT2D eigenvalue weighted by Crippen LogP contribution is -2.26. The van der Waals surface area contributed by atoms with Crippen LogP contribution in [0.4, 0.5) is 14.5 Å². The van der Waals surface area contributed by atoms with Gasteiger partial charge < -0.3 is 24.1 Å². The summed E-state index contributed by atoms with van der Waals surface area (Å²) in [6, 6.07) is 3.28. The Balaban J connectivity index is 1.77. The average molecular weight is 504 g/mol. The van der Waals surface area contributed by atoms with Gasteiger partial charge in [0.2, 0.25) is 0 Å². The van der Waals surface area contributed by atoms with Crippen LogP contribution in [0.25, 0.3) is 22.0 Å². The molecule has 1 saturated heterocycles. The molecule has 1 fully saturated rings. The van der Waals surface area contributed by atoms with Crippen molar-refractivity contribution in [1.29, 1.82) is 0 Å². The highest BCUT2D eigenvalue weighted by atomic mass is 19.3.